The highest BCUT2D eigenvalue weighted by molar-refractivity contribution is 5.96. The molecule has 0 fully saturated rings. The molecule has 30 heavy (non-hydrogen) atoms. The minimum atomic E-state index is -0.968. The third-order valence-corrected chi connectivity index (χ3v) is 5.26. The quantitative estimate of drug-likeness (QED) is 0.700. The summed E-state index contributed by atoms with van der Waals surface area (Å²) in [6.45, 7) is 1.55. The molecular weight excluding hydrogens is 386 g/mol. The zero-order valence-corrected chi connectivity index (χ0v) is 17.7. The Labute approximate surface area is 176 Å². The zero-order chi connectivity index (χ0) is 21.7. The van der Waals surface area contributed by atoms with E-state index in [1.165, 1.54) is 33.0 Å². The molecule has 7 nitrogen and oxygen atoms in total. The highest BCUT2D eigenvalue weighted by Gasteiger charge is 2.28. The number of benzene rings is 2. The Morgan fingerprint density at radius 3 is 2.43 bits per heavy atom. The number of hydrogen-bond acceptors (Lipinski definition) is 6. The Bertz CT molecular complexity index is 926. The molecule has 0 heterocycles. The molecule has 1 N–H and O–H groups in total. The van der Waals surface area contributed by atoms with E-state index in [2.05, 4.69) is 11.4 Å². The molecule has 0 bridgehead atoms. The normalized spacial score (nSPS) is 16.1. The van der Waals surface area contributed by atoms with Crippen molar-refractivity contribution in [3.05, 3.63) is 53.1 Å². The van der Waals surface area contributed by atoms with Crippen molar-refractivity contribution in [2.24, 2.45) is 0 Å². The molecule has 0 spiro atoms. The van der Waals surface area contributed by atoms with E-state index in [-0.39, 0.29) is 29.0 Å². The van der Waals surface area contributed by atoms with Gasteiger partial charge >= 0.3 is 5.97 Å². The molecule has 1 aliphatic carbocycles. The lowest BCUT2D eigenvalue weighted by molar-refractivity contribution is -0.130. The summed E-state index contributed by atoms with van der Waals surface area (Å²) < 4.78 is 21.3. The second-order valence-corrected chi connectivity index (χ2v) is 7.08. The lowest BCUT2D eigenvalue weighted by Crippen LogP contribution is -2.39. The van der Waals surface area contributed by atoms with Crippen molar-refractivity contribution < 1.29 is 28.5 Å². The lowest BCUT2D eigenvalue weighted by atomic mass is 9.87. The van der Waals surface area contributed by atoms with Gasteiger partial charge in [-0.15, -0.1) is 0 Å². The SMILES string of the molecule is COc1ccc(C(=O)OC(C)C(=O)NC2CCCc3ccccc32)c(OC)c1OC. The van der Waals surface area contributed by atoms with Crippen molar-refractivity contribution in [3.8, 4) is 17.2 Å². The summed E-state index contributed by atoms with van der Waals surface area (Å²) in [4.78, 5) is 25.4. The maximum absolute atomic E-state index is 12.7. The molecule has 0 saturated carbocycles. The van der Waals surface area contributed by atoms with Crippen LogP contribution in [-0.4, -0.2) is 39.3 Å². The molecule has 3 rings (SSSR count). The van der Waals surface area contributed by atoms with Gasteiger partial charge in [0, 0.05) is 0 Å². The summed E-state index contributed by atoms with van der Waals surface area (Å²) in [5.74, 6) is -0.127. The Kier molecular flexibility index (Phi) is 6.82. The molecular formula is C23H27NO6. The molecule has 1 aliphatic rings. The zero-order valence-electron chi connectivity index (χ0n) is 17.7. The Hall–Kier alpha value is -3.22. The first-order valence-electron chi connectivity index (χ1n) is 9.88. The van der Waals surface area contributed by atoms with Gasteiger partial charge in [0.15, 0.2) is 17.6 Å². The van der Waals surface area contributed by atoms with Crippen LogP contribution < -0.4 is 19.5 Å². The summed E-state index contributed by atoms with van der Waals surface area (Å²) in [6, 6.07) is 11.1. The van der Waals surface area contributed by atoms with Gasteiger partial charge in [-0.05, 0) is 49.4 Å². The maximum Gasteiger partial charge on any atom is 0.342 e. The van der Waals surface area contributed by atoms with Crippen molar-refractivity contribution in [1.29, 1.82) is 0 Å². The summed E-state index contributed by atoms with van der Waals surface area (Å²) in [5.41, 5.74) is 2.52. The topological polar surface area (TPSA) is 83.1 Å². The van der Waals surface area contributed by atoms with Crippen molar-refractivity contribution in [2.45, 2.75) is 38.3 Å². The molecule has 1 amide bonds. The van der Waals surface area contributed by atoms with E-state index in [0.29, 0.717) is 5.75 Å². The van der Waals surface area contributed by atoms with E-state index in [9.17, 15) is 9.59 Å². The van der Waals surface area contributed by atoms with Crippen LogP contribution in [0.5, 0.6) is 17.2 Å². The minimum absolute atomic E-state index is 0.0841. The van der Waals surface area contributed by atoms with E-state index < -0.39 is 12.1 Å². The van der Waals surface area contributed by atoms with Crippen LogP contribution >= 0.6 is 0 Å². The number of carbonyl (C=O) groups excluding carboxylic acids is 2. The molecule has 0 radical (unpaired) electrons. The fraction of sp³-hybridized carbons (Fsp3) is 0.391. The maximum atomic E-state index is 12.7. The standard InChI is InChI=1S/C23H27NO6/c1-14(22(25)24-18-11-7-9-15-8-5-6-10-16(15)18)30-23(26)17-12-13-19(27-2)21(29-4)20(17)28-3/h5-6,8,10,12-14,18H,7,9,11H2,1-4H3,(H,24,25). The van der Waals surface area contributed by atoms with Gasteiger partial charge in [0.05, 0.1) is 27.4 Å². The molecule has 160 valence electrons. The Morgan fingerprint density at radius 2 is 1.73 bits per heavy atom. The van der Waals surface area contributed by atoms with E-state index in [1.807, 2.05) is 18.2 Å². The molecule has 2 aromatic rings. The van der Waals surface area contributed by atoms with E-state index >= 15 is 0 Å². The number of carbonyl (C=O) groups is 2. The van der Waals surface area contributed by atoms with Crippen LogP contribution in [0.1, 0.15) is 47.3 Å². The number of nitrogens with one attached hydrogen (secondary N) is 1. The van der Waals surface area contributed by atoms with Gasteiger partial charge in [0.25, 0.3) is 5.91 Å². The van der Waals surface area contributed by atoms with Gasteiger partial charge in [-0.2, -0.15) is 0 Å². The van der Waals surface area contributed by atoms with Gasteiger partial charge in [-0.3, -0.25) is 4.79 Å². The molecule has 0 saturated heterocycles. The number of rotatable bonds is 7. The van der Waals surface area contributed by atoms with Gasteiger partial charge in [-0.1, -0.05) is 24.3 Å². The van der Waals surface area contributed by atoms with Gasteiger partial charge in [-0.25, -0.2) is 4.79 Å². The first kappa shape index (κ1) is 21.5. The number of hydrogen-bond donors (Lipinski definition) is 1. The van der Waals surface area contributed by atoms with Crippen LogP contribution in [0.4, 0.5) is 0 Å². The van der Waals surface area contributed by atoms with Gasteiger partial charge in [0.1, 0.15) is 5.56 Å². The van der Waals surface area contributed by atoms with E-state index in [0.717, 1.165) is 24.8 Å². The summed E-state index contributed by atoms with van der Waals surface area (Å²) >= 11 is 0. The van der Waals surface area contributed by atoms with Gasteiger partial charge in [0.2, 0.25) is 5.75 Å². The summed E-state index contributed by atoms with van der Waals surface area (Å²) in [6.07, 6.45) is 1.89. The molecule has 2 atom stereocenters. The largest absolute Gasteiger partial charge is 0.493 e. The number of amides is 1. The molecule has 7 heteroatoms. The van der Waals surface area contributed by atoms with Crippen LogP contribution in [0, 0.1) is 0 Å². The smallest absolute Gasteiger partial charge is 0.342 e. The summed E-state index contributed by atoms with van der Waals surface area (Å²) in [5, 5.41) is 3.01. The second kappa shape index (κ2) is 9.52. The van der Waals surface area contributed by atoms with E-state index in [4.69, 9.17) is 18.9 Å². The highest BCUT2D eigenvalue weighted by Crippen LogP contribution is 2.40. The molecule has 0 aromatic heterocycles. The fourth-order valence-electron chi connectivity index (χ4n) is 3.73. The third-order valence-electron chi connectivity index (χ3n) is 5.26. The van der Waals surface area contributed by atoms with Crippen LogP contribution in [0.2, 0.25) is 0 Å². The third kappa shape index (κ3) is 4.35. The lowest BCUT2D eigenvalue weighted by Gasteiger charge is -2.27. The predicted molar refractivity (Wildman–Crippen MR) is 111 cm³/mol. The van der Waals surface area contributed by atoms with Crippen molar-refractivity contribution >= 4 is 11.9 Å². The first-order valence-corrected chi connectivity index (χ1v) is 9.88. The molecule has 0 aliphatic heterocycles. The van der Waals surface area contributed by atoms with Gasteiger partial charge < -0.3 is 24.3 Å². The number of fused-ring (bicyclic) bond motifs is 1. The van der Waals surface area contributed by atoms with Crippen LogP contribution in [0.15, 0.2) is 36.4 Å². The average molecular weight is 413 g/mol. The average Bonchev–Trinajstić information content (AvgIpc) is 2.77. The number of aryl methyl sites for hydroxylation is 1. The van der Waals surface area contributed by atoms with Crippen molar-refractivity contribution in [3.63, 3.8) is 0 Å². The monoisotopic (exact) mass is 413 g/mol. The van der Waals surface area contributed by atoms with E-state index in [1.54, 1.807) is 13.0 Å². The molecule has 2 aromatic carbocycles. The highest BCUT2D eigenvalue weighted by atomic mass is 16.6. The van der Waals surface area contributed by atoms with Crippen LogP contribution in [-0.2, 0) is 16.0 Å². The fourth-order valence-corrected chi connectivity index (χ4v) is 3.73. The Morgan fingerprint density at radius 1 is 1.00 bits per heavy atom. The molecule has 2 unspecified atom stereocenters. The van der Waals surface area contributed by atoms with Crippen molar-refractivity contribution in [1.82, 2.24) is 5.32 Å². The van der Waals surface area contributed by atoms with Crippen molar-refractivity contribution in [2.75, 3.05) is 21.3 Å². The minimum Gasteiger partial charge on any atom is -0.493 e. The Balaban J connectivity index is 1.71. The predicted octanol–water partition coefficient (Wildman–Crippen LogP) is 3.45. The summed E-state index contributed by atoms with van der Waals surface area (Å²) in [7, 11) is 4.36. The first-order chi connectivity index (χ1) is 14.5. The second-order valence-electron chi connectivity index (χ2n) is 7.08. The van der Waals surface area contributed by atoms with Crippen LogP contribution in [0.25, 0.3) is 0 Å². The van der Waals surface area contributed by atoms with Crippen LogP contribution in [0.3, 0.4) is 0 Å². The number of esters is 1. The number of ether oxygens (including phenoxy) is 4. The number of methoxy groups -OCH3 is 3.